The van der Waals surface area contributed by atoms with Gasteiger partial charge in [-0.3, -0.25) is 4.79 Å². The third-order valence-corrected chi connectivity index (χ3v) is 6.05. The Labute approximate surface area is 177 Å². The fourth-order valence-corrected chi connectivity index (χ4v) is 4.34. The van der Waals surface area contributed by atoms with E-state index in [0.29, 0.717) is 19.0 Å². The van der Waals surface area contributed by atoms with Gasteiger partial charge in [-0.1, -0.05) is 18.6 Å². The molecule has 2 aromatic rings. The Kier molecular flexibility index (Phi) is 6.89. The van der Waals surface area contributed by atoms with Crippen LogP contribution in [0.2, 0.25) is 0 Å². The number of hydrogen-bond donors (Lipinski definition) is 1. The molecule has 1 unspecified atom stereocenters. The molecule has 0 bridgehead atoms. The number of likely N-dealkylation sites (tertiary alicyclic amines) is 1. The molecule has 4 rings (SSSR count). The van der Waals surface area contributed by atoms with Crippen molar-refractivity contribution in [2.24, 2.45) is 5.92 Å². The minimum absolute atomic E-state index is 0.0356. The number of aromatic nitrogens is 2. The van der Waals surface area contributed by atoms with Crippen molar-refractivity contribution < 1.29 is 9.18 Å². The van der Waals surface area contributed by atoms with Gasteiger partial charge in [0.05, 0.1) is 5.92 Å². The highest BCUT2D eigenvalue weighted by Crippen LogP contribution is 2.23. The second kappa shape index (κ2) is 9.98. The van der Waals surface area contributed by atoms with Crippen LogP contribution in [0.1, 0.15) is 32.1 Å². The van der Waals surface area contributed by atoms with Crippen molar-refractivity contribution in [1.82, 2.24) is 20.2 Å². The van der Waals surface area contributed by atoms with Crippen molar-refractivity contribution in [2.45, 2.75) is 32.1 Å². The molecule has 160 valence electrons. The molecule has 2 aliphatic heterocycles. The van der Waals surface area contributed by atoms with Crippen molar-refractivity contribution in [3.63, 3.8) is 0 Å². The Balaban J connectivity index is 1.30. The largest absolute Gasteiger partial charge is 0.355 e. The van der Waals surface area contributed by atoms with Crippen molar-refractivity contribution in [1.29, 1.82) is 0 Å². The van der Waals surface area contributed by atoms with Crippen LogP contribution in [0.3, 0.4) is 0 Å². The zero-order valence-electron chi connectivity index (χ0n) is 17.4. The molecular formula is C23H30FN5O. The van der Waals surface area contributed by atoms with Crippen LogP contribution in [0.15, 0.2) is 36.7 Å². The summed E-state index contributed by atoms with van der Waals surface area (Å²) < 4.78 is 13.4. The molecule has 0 aliphatic carbocycles. The van der Waals surface area contributed by atoms with E-state index in [1.165, 1.54) is 31.4 Å². The van der Waals surface area contributed by atoms with Gasteiger partial charge in [0.2, 0.25) is 11.9 Å². The molecule has 0 spiro atoms. The SMILES string of the molecule is O=C(NCCN1CCCCC1)C1CCCN(c2ncc(-c3cccc(F)c3)cn2)C1. The third-order valence-electron chi connectivity index (χ3n) is 6.05. The summed E-state index contributed by atoms with van der Waals surface area (Å²) in [6.07, 6.45) is 9.14. The summed E-state index contributed by atoms with van der Waals surface area (Å²) in [7, 11) is 0. The second-order valence-corrected chi connectivity index (χ2v) is 8.26. The summed E-state index contributed by atoms with van der Waals surface area (Å²) in [4.78, 5) is 26.1. The van der Waals surface area contributed by atoms with Crippen LogP contribution in [-0.4, -0.2) is 60.0 Å². The van der Waals surface area contributed by atoms with Crippen LogP contribution < -0.4 is 10.2 Å². The number of rotatable bonds is 6. The van der Waals surface area contributed by atoms with Gasteiger partial charge in [-0.25, -0.2) is 14.4 Å². The molecule has 1 N–H and O–H groups in total. The summed E-state index contributed by atoms with van der Waals surface area (Å²) >= 11 is 0. The van der Waals surface area contributed by atoms with Gasteiger partial charge in [-0.05, 0) is 56.5 Å². The third kappa shape index (κ3) is 5.33. The van der Waals surface area contributed by atoms with Gasteiger partial charge < -0.3 is 15.1 Å². The number of amides is 1. The maximum absolute atomic E-state index is 13.4. The van der Waals surface area contributed by atoms with Gasteiger partial charge in [0.25, 0.3) is 0 Å². The molecule has 0 radical (unpaired) electrons. The molecule has 2 saturated heterocycles. The molecular weight excluding hydrogens is 381 g/mol. The Morgan fingerprint density at radius 3 is 2.63 bits per heavy atom. The van der Waals surface area contributed by atoms with Gasteiger partial charge in [-0.2, -0.15) is 0 Å². The zero-order chi connectivity index (χ0) is 20.8. The van der Waals surface area contributed by atoms with E-state index in [2.05, 4.69) is 25.1 Å². The van der Waals surface area contributed by atoms with Crippen LogP contribution in [0.25, 0.3) is 11.1 Å². The molecule has 30 heavy (non-hydrogen) atoms. The number of benzene rings is 1. The number of piperidine rings is 2. The molecule has 1 aromatic carbocycles. The summed E-state index contributed by atoms with van der Waals surface area (Å²) in [5.41, 5.74) is 1.54. The smallest absolute Gasteiger partial charge is 0.225 e. The van der Waals surface area contributed by atoms with E-state index < -0.39 is 0 Å². The molecule has 1 amide bonds. The van der Waals surface area contributed by atoms with E-state index in [4.69, 9.17) is 0 Å². The average Bonchev–Trinajstić information content (AvgIpc) is 2.80. The Hall–Kier alpha value is -2.54. The Morgan fingerprint density at radius 2 is 1.87 bits per heavy atom. The molecule has 1 atom stereocenters. The highest BCUT2D eigenvalue weighted by atomic mass is 19.1. The summed E-state index contributed by atoms with van der Waals surface area (Å²) in [5, 5.41) is 3.12. The fraction of sp³-hybridized carbons (Fsp3) is 0.522. The normalized spacial score (nSPS) is 20.2. The topological polar surface area (TPSA) is 61.4 Å². The predicted molar refractivity (Wildman–Crippen MR) is 116 cm³/mol. The minimum Gasteiger partial charge on any atom is -0.355 e. The fourth-order valence-electron chi connectivity index (χ4n) is 4.34. The van der Waals surface area contributed by atoms with Crippen molar-refractivity contribution in [3.05, 3.63) is 42.5 Å². The molecule has 3 heterocycles. The first-order valence-electron chi connectivity index (χ1n) is 11.0. The lowest BCUT2D eigenvalue weighted by Crippen LogP contribution is -2.45. The number of halogens is 1. The maximum Gasteiger partial charge on any atom is 0.225 e. The molecule has 2 fully saturated rings. The first-order valence-corrected chi connectivity index (χ1v) is 11.0. The number of nitrogens with one attached hydrogen (secondary N) is 1. The number of hydrogen-bond acceptors (Lipinski definition) is 5. The van der Waals surface area contributed by atoms with Crippen LogP contribution in [0, 0.1) is 11.7 Å². The molecule has 7 heteroatoms. The first-order chi connectivity index (χ1) is 14.7. The lowest BCUT2D eigenvalue weighted by atomic mass is 9.97. The van der Waals surface area contributed by atoms with E-state index in [0.717, 1.165) is 50.1 Å². The second-order valence-electron chi connectivity index (χ2n) is 8.26. The summed E-state index contributed by atoms with van der Waals surface area (Å²) in [6.45, 7) is 5.43. The van der Waals surface area contributed by atoms with E-state index >= 15 is 0 Å². The van der Waals surface area contributed by atoms with Gasteiger partial charge in [-0.15, -0.1) is 0 Å². The summed E-state index contributed by atoms with van der Waals surface area (Å²) in [6, 6.07) is 6.41. The molecule has 0 saturated carbocycles. The highest BCUT2D eigenvalue weighted by Gasteiger charge is 2.27. The zero-order valence-corrected chi connectivity index (χ0v) is 17.4. The quantitative estimate of drug-likeness (QED) is 0.792. The number of anilines is 1. The van der Waals surface area contributed by atoms with Crippen LogP contribution in [-0.2, 0) is 4.79 Å². The summed E-state index contributed by atoms with van der Waals surface area (Å²) in [5.74, 6) is 0.447. The molecule has 1 aromatic heterocycles. The lowest BCUT2D eigenvalue weighted by molar-refractivity contribution is -0.125. The van der Waals surface area contributed by atoms with Crippen LogP contribution in [0.5, 0.6) is 0 Å². The molecule has 6 nitrogen and oxygen atoms in total. The van der Waals surface area contributed by atoms with E-state index in [-0.39, 0.29) is 17.6 Å². The van der Waals surface area contributed by atoms with Crippen LogP contribution >= 0.6 is 0 Å². The number of nitrogens with zero attached hydrogens (tertiary/aromatic N) is 4. The van der Waals surface area contributed by atoms with E-state index in [1.807, 2.05) is 6.07 Å². The maximum atomic E-state index is 13.4. The number of carbonyl (C=O) groups is 1. The highest BCUT2D eigenvalue weighted by molar-refractivity contribution is 5.79. The van der Waals surface area contributed by atoms with Crippen molar-refractivity contribution >= 4 is 11.9 Å². The Bertz CT molecular complexity index is 838. The predicted octanol–water partition coefficient (Wildman–Crippen LogP) is 3.10. The van der Waals surface area contributed by atoms with E-state index in [1.54, 1.807) is 18.5 Å². The van der Waals surface area contributed by atoms with Crippen molar-refractivity contribution in [3.8, 4) is 11.1 Å². The standard InChI is InChI=1S/C23H30FN5O/c24-21-8-4-6-18(14-21)20-15-26-23(27-16-20)29-12-5-7-19(17-29)22(30)25-9-13-28-10-2-1-3-11-28/h4,6,8,14-16,19H,1-3,5,7,9-13,17H2,(H,25,30). The number of carbonyl (C=O) groups excluding carboxylic acids is 1. The van der Waals surface area contributed by atoms with Gasteiger partial charge >= 0.3 is 0 Å². The van der Waals surface area contributed by atoms with Gasteiger partial charge in [0, 0.05) is 44.1 Å². The Morgan fingerprint density at radius 1 is 1.07 bits per heavy atom. The van der Waals surface area contributed by atoms with Crippen molar-refractivity contribution in [2.75, 3.05) is 44.2 Å². The minimum atomic E-state index is -0.276. The van der Waals surface area contributed by atoms with Crippen LogP contribution in [0.4, 0.5) is 10.3 Å². The first kappa shape index (κ1) is 20.7. The lowest BCUT2D eigenvalue weighted by Gasteiger charge is -2.32. The van der Waals surface area contributed by atoms with E-state index in [9.17, 15) is 9.18 Å². The van der Waals surface area contributed by atoms with Gasteiger partial charge in [0.15, 0.2) is 0 Å². The average molecular weight is 412 g/mol. The van der Waals surface area contributed by atoms with Gasteiger partial charge in [0.1, 0.15) is 5.82 Å². The molecule has 2 aliphatic rings. The monoisotopic (exact) mass is 411 g/mol.